The Hall–Kier alpha value is -1.10. The van der Waals surface area contributed by atoms with Gasteiger partial charge in [0.15, 0.2) is 0 Å². The molecule has 0 aliphatic carbocycles. The van der Waals surface area contributed by atoms with Gasteiger partial charge in [-0.2, -0.15) is 0 Å². The van der Waals surface area contributed by atoms with Crippen molar-refractivity contribution in [3.8, 4) is 5.88 Å². The molecule has 1 N–H and O–H groups in total. The smallest absolute Gasteiger partial charge is 0.308 e. The lowest BCUT2D eigenvalue weighted by molar-refractivity contribution is -0.136. The van der Waals surface area contributed by atoms with Crippen molar-refractivity contribution in [1.29, 1.82) is 0 Å². The van der Waals surface area contributed by atoms with Crippen molar-refractivity contribution in [2.24, 2.45) is 0 Å². The molecule has 1 heterocycles. The zero-order valence-corrected chi connectivity index (χ0v) is 8.54. The Balaban J connectivity index is 2.99. The normalized spacial score (nSPS) is 9.69. The molecule has 70 valence electrons. The SMILES string of the molecule is COc1nc(Br)ccc1CC(=O)O. The van der Waals surface area contributed by atoms with Crippen LogP contribution in [0.4, 0.5) is 0 Å². The highest BCUT2D eigenvalue weighted by atomic mass is 79.9. The van der Waals surface area contributed by atoms with E-state index in [-0.39, 0.29) is 6.42 Å². The van der Waals surface area contributed by atoms with Gasteiger partial charge in [-0.25, -0.2) is 4.98 Å². The third kappa shape index (κ3) is 2.69. The van der Waals surface area contributed by atoms with E-state index in [0.717, 1.165) is 0 Å². The molecule has 0 unspecified atom stereocenters. The van der Waals surface area contributed by atoms with E-state index >= 15 is 0 Å². The van der Waals surface area contributed by atoms with Crippen LogP contribution in [0.1, 0.15) is 5.56 Å². The number of hydrogen-bond donors (Lipinski definition) is 1. The summed E-state index contributed by atoms with van der Waals surface area (Å²) in [6.07, 6.45) is -0.0799. The quantitative estimate of drug-likeness (QED) is 0.820. The first kappa shape index (κ1) is 9.98. The van der Waals surface area contributed by atoms with Gasteiger partial charge >= 0.3 is 5.97 Å². The molecule has 0 atom stereocenters. The third-order valence-electron chi connectivity index (χ3n) is 1.44. The van der Waals surface area contributed by atoms with E-state index in [0.29, 0.717) is 16.0 Å². The van der Waals surface area contributed by atoms with E-state index in [1.54, 1.807) is 12.1 Å². The van der Waals surface area contributed by atoms with Crippen molar-refractivity contribution in [2.75, 3.05) is 7.11 Å². The number of carboxylic acid groups (broad SMARTS) is 1. The summed E-state index contributed by atoms with van der Waals surface area (Å²) in [5.41, 5.74) is 0.568. The predicted octanol–water partition coefficient (Wildman–Crippen LogP) is 1.48. The maximum atomic E-state index is 10.4. The number of ether oxygens (including phenoxy) is 1. The lowest BCUT2D eigenvalue weighted by atomic mass is 10.2. The minimum absolute atomic E-state index is 0.0799. The Kier molecular flexibility index (Phi) is 3.25. The Morgan fingerprint density at radius 3 is 2.92 bits per heavy atom. The van der Waals surface area contributed by atoms with Crippen molar-refractivity contribution in [1.82, 2.24) is 4.98 Å². The number of methoxy groups -OCH3 is 1. The van der Waals surface area contributed by atoms with Crippen LogP contribution in [0.25, 0.3) is 0 Å². The van der Waals surface area contributed by atoms with Gasteiger partial charge in [0, 0.05) is 5.56 Å². The number of aliphatic carboxylic acids is 1. The van der Waals surface area contributed by atoms with Crippen molar-refractivity contribution < 1.29 is 14.6 Å². The topological polar surface area (TPSA) is 59.4 Å². The lowest BCUT2D eigenvalue weighted by Crippen LogP contribution is -2.03. The van der Waals surface area contributed by atoms with Crippen molar-refractivity contribution >= 4 is 21.9 Å². The average molecular weight is 246 g/mol. The van der Waals surface area contributed by atoms with Gasteiger partial charge in [0.25, 0.3) is 0 Å². The number of carboxylic acids is 1. The maximum Gasteiger partial charge on any atom is 0.308 e. The van der Waals surface area contributed by atoms with Crippen LogP contribution in [-0.2, 0) is 11.2 Å². The Morgan fingerprint density at radius 2 is 2.38 bits per heavy atom. The molecular formula is C8H8BrNO3. The van der Waals surface area contributed by atoms with E-state index in [1.165, 1.54) is 7.11 Å². The molecule has 0 fully saturated rings. The van der Waals surface area contributed by atoms with E-state index in [2.05, 4.69) is 20.9 Å². The highest BCUT2D eigenvalue weighted by molar-refractivity contribution is 9.10. The van der Waals surface area contributed by atoms with Gasteiger partial charge in [0.1, 0.15) is 4.60 Å². The minimum Gasteiger partial charge on any atom is -0.481 e. The molecule has 4 nitrogen and oxygen atoms in total. The van der Waals surface area contributed by atoms with Gasteiger partial charge in [-0.15, -0.1) is 0 Å². The second kappa shape index (κ2) is 4.23. The molecule has 0 aliphatic rings. The van der Waals surface area contributed by atoms with Gasteiger partial charge in [-0.05, 0) is 22.0 Å². The predicted molar refractivity (Wildman–Crippen MR) is 49.8 cm³/mol. The van der Waals surface area contributed by atoms with E-state index in [9.17, 15) is 4.79 Å². The fourth-order valence-corrected chi connectivity index (χ4v) is 1.21. The standard InChI is InChI=1S/C8H8BrNO3/c1-13-8-5(4-7(11)12)2-3-6(9)10-8/h2-3H,4H2,1H3,(H,11,12). The summed E-state index contributed by atoms with van der Waals surface area (Å²) in [6, 6.07) is 3.35. The molecule has 0 aromatic carbocycles. The Morgan fingerprint density at radius 1 is 1.69 bits per heavy atom. The average Bonchev–Trinajstić information content (AvgIpc) is 2.07. The van der Waals surface area contributed by atoms with Crippen LogP contribution < -0.4 is 4.74 Å². The molecule has 5 heteroatoms. The van der Waals surface area contributed by atoms with E-state index in [4.69, 9.17) is 9.84 Å². The molecule has 1 rings (SSSR count). The second-order valence-corrected chi connectivity index (χ2v) is 3.19. The Bertz CT molecular complexity index is 327. The van der Waals surface area contributed by atoms with Crippen molar-refractivity contribution in [2.45, 2.75) is 6.42 Å². The van der Waals surface area contributed by atoms with Crippen LogP contribution in [0.3, 0.4) is 0 Å². The van der Waals surface area contributed by atoms with Crippen molar-refractivity contribution in [3.63, 3.8) is 0 Å². The number of carbonyl (C=O) groups is 1. The summed E-state index contributed by atoms with van der Waals surface area (Å²) in [5, 5.41) is 8.56. The lowest BCUT2D eigenvalue weighted by Gasteiger charge is -2.04. The second-order valence-electron chi connectivity index (χ2n) is 2.37. The molecule has 1 aromatic heterocycles. The zero-order valence-electron chi connectivity index (χ0n) is 6.95. The molecular weight excluding hydrogens is 238 g/mol. The number of nitrogens with zero attached hydrogens (tertiary/aromatic N) is 1. The summed E-state index contributed by atoms with van der Waals surface area (Å²) >= 11 is 3.16. The molecule has 13 heavy (non-hydrogen) atoms. The first-order valence-electron chi connectivity index (χ1n) is 3.54. The number of halogens is 1. The van der Waals surface area contributed by atoms with E-state index in [1.807, 2.05) is 0 Å². The van der Waals surface area contributed by atoms with Crippen LogP contribution >= 0.6 is 15.9 Å². The van der Waals surface area contributed by atoms with Crippen LogP contribution in [-0.4, -0.2) is 23.2 Å². The molecule has 0 radical (unpaired) electrons. The summed E-state index contributed by atoms with van der Waals surface area (Å²) < 4.78 is 5.55. The highest BCUT2D eigenvalue weighted by Gasteiger charge is 2.08. The molecule has 0 spiro atoms. The fraction of sp³-hybridized carbons (Fsp3) is 0.250. The Labute approximate surface area is 83.7 Å². The van der Waals surface area contributed by atoms with Crippen LogP contribution in [0.5, 0.6) is 5.88 Å². The first-order valence-corrected chi connectivity index (χ1v) is 4.34. The van der Waals surface area contributed by atoms with Gasteiger partial charge in [-0.1, -0.05) is 6.07 Å². The van der Waals surface area contributed by atoms with Gasteiger partial charge in [0.2, 0.25) is 5.88 Å². The number of aromatic nitrogens is 1. The molecule has 0 bridgehead atoms. The summed E-state index contributed by atoms with van der Waals surface area (Å²) in [7, 11) is 1.46. The highest BCUT2D eigenvalue weighted by Crippen LogP contribution is 2.19. The number of rotatable bonds is 3. The van der Waals surface area contributed by atoms with Crippen molar-refractivity contribution in [3.05, 3.63) is 22.3 Å². The molecule has 0 aliphatic heterocycles. The first-order chi connectivity index (χ1) is 6.13. The fourth-order valence-electron chi connectivity index (χ4n) is 0.921. The van der Waals surface area contributed by atoms with E-state index < -0.39 is 5.97 Å². The molecule has 1 aromatic rings. The largest absolute Gasteiger partial charge is 0.481 e. The minimum atomic E-state index is -0.901. The molecule has 0 amide bonds. The summed E-state index contributed by atoms with van der Waals surface area (Å²) in [6.45, 7) is 0. The molecule has 0 saturated heterocycles. The summed E-state index contributed by atoms with van der Waals surface area (Å²) in [5.74, 6) is -0.556. The van der Waals surface area contributed by atoms with Crippen LogP contribution in [0.15, 0.2) is 16.7 Å². The van der Waals surface area contributed by atoms with Gasteiger partial charge in [-0.3, -0.25) is 4.79 Å². The van der Waals surface area contributed by atoms with Gasteiger partial charge in [0.05, 0.1) is 13.5 Å². The van der Waals surface area contributed by atoms with Crippen LogP contribution in [0, 0.1) is 0 Å². The summed E-state index contributed by atoms with van der Waals surface area (Å²) in [4.78, 5) is 14.4. The number of pyridine rings is 1. The third-order valence-corrected chi connectivity index (χ3v) is 1.88. The van der Waals surface area contributed by atoms with Gasteiger partial charge < -0.3 is 9.84 Å². The number of hydrogen-bond acceptors (Lipinski definition) is 3. The van der Waals surface area contributed by atoms with Crippen LogP contribution in [0.2, 0.25) is 0 Å². The molecule has 0 saturated carbocycles. The monoisotopic (exact) mass is 245 g/mol. The zero-order chi connectivity index (χ0) is 9.84. The maximum absolute atomic E-state index is 10.4.